The molecule has 312 valence electrons. The Bertz CT molecular complexity index is 2640. The van der Waals surface area contributed by atoms with Gasteiger partial charge in [0.2, 0.25) is 11.8 Å². The number of hydrogen-bond donors (Lipinski definition) is 1. The number of aryl methyl sites for hydroxylation is 3. The van der Waals surface area contributed by atoms with Crippen LogP contribution in [0, 0.1) is 39.4 Å². The summed E-state index contributed by atoms with van der Waals surface area (Å²) < 4.78 is 18.9. The number of thiophene rings is 1. The third-order valence-corrected chi connectivity index (χ3v) is 14.0. The van der Waals surface area contributed by atoms with Gasteiger partial charge in [-0.3, -0.25) is 39.0 Å². The average molecular weight is 853 g/mol. The minimum atomic E-state index is -0.921. The highest BCUT2D eigenvalue weighted by Gasteiger charge is 2.35. The van der Waals surface area contributed by atoms with E-state index in [9.17, 15) is 19.2 Å². The maximum Gasteiger partial charge on any atom is 0.275 e. The van der Waals surface area contributed by atoms with Crippen LogP contribution < -0.4 is 15.8 Å². The van der Waals surface area contributed by atoms with Crippen molar-refractivity contribution in [2.75, 3.05) is 50.7 Å². The topological polar surface area (TPSA) is 151 Å². The van der Waals surface area contributed by atoms with E-state index >= 15 is 4.39 Å². The van der Waals surface area contributed by atoms with Gasteiger partial charge in [-0.1, -0.05) is 23.7 Å². The van der Waals surface area contributed by atoms with E-state index in [0.717, 1.165) is 70.4 Å². The van der Waals surface area contributed by atoms with E-state index in [1.807, 2.05) is 41.0 Å². The van der Waals surface area contributed by atoms with E-state index in [4.69, 9.17) is 16.6 Å². The van der Waals surface area contributed by atoms with Gasteiger partial charge in [-0.25, -0.2) is 9.07 Å². The molecule has 7 heterocycles. The van der Waals surface area contributed by atoms with Crippen LogP contribution in [0.25, 0.3) is 15.8 Å². The van der Waals surface area contributed by atoms with E-state index in [2.05, 4.69) is 43.9 Å². The summed E-state index contributed by atoms with van der Waals surface area (Å²) in [4.78, 5) is 64.5. The zero-order valence-corrected chi connectivity index (χ0v) is 35.6. The molecule has 0 bridgehead atoms. The molecule has 1 unspecified atom stereocenters. The van der Waals surface area contributed by atoms with Crippen molar-refractivity contribution in [3.05, 3.63) is 96.5 Å². The summed E-state index contributed by atoms with van der Waals surface area (Å²) in [5, 5.41) is 18.1. The number of halogens is 2. The lowest BCUT2D eigenvalue weighted by Gasteiger charge is -2.39. The number of imide groups is 1. The van der Waals surface area contributed by atoms with Crippen LogP contribution in [0.4, 0.5) is 10.1 Å². The van der Waals surface area contributed by atoms with Crippen LogP contribution in [0.1, 0.15) is 83.1 Å². The van der Waals surface area contributed by atoms with E-state index in [1.165, 1.54) is 10.9 Å². The quantitative estimate of drug-likeness (QED) is 0.213. The van der Waals surface area contributed by atoms with Crippen molar-refractivity contribution >= 4 is 62.8 Å². The number of rotatable bonds is 7. The number of aliphatic imine (C=N–C) groups is 1. The minimum Gasteiger partial charge on any atom is -0.367 e. The van der Waals surface area contributed by atoms with Gasteiger partial charge >= 0.3 is 0 Å². The number of anilines is 1. The zero-order valence-electron chi connectivity index (χ0n) is 34.0. The summed E-state index contributed by atoms with van der Waals surface area (Å²) in [5.74, 6) is 0.440. The normalized spacial score (nSPS) is 20.2. The van der Waals surface area contributed by atoms with Crippen LogP contribution in [-0.4, -0.2) is 104 Å². The Hall–Kier alpha value is -5.32. The highest BCUT2D eigenvalue weighted by Crippen LogP contribution is 2.40. The first-order valence-corrected chi connectivity index (χ1v) is 21.7. The van der Waals surface area contributed by atoms with E-state index < -0.39 is 29.4 Å². The summed E-state index contributed by atoms with van der Waals surface area (Å²) in [7, 11) is 0. The monoisotopic (exact) mass is 852 g/mol. The molecule has 0 spiro atoms. The van der Waals surface area contributed by atoms with Crippen LogP contribution in [0.5, 0.6) is 0 Å². The fourth-order valence-electron chi connectivity index (χ4n) is 9.12. The number of nitrogens with zero attached hydrogens (tertiary/aromatic N) is 9. The van der Waals surface area contributed by atoms with Gasteiger partial charge in [-0.15, -0.1) is 21.5 Å². The van der Waals surface area contributed by atoms with Crippen molar-refractivity contribution in [3.8, 4) is 5.00 Å². The Kier molecular flexibility index (Phi) is 10.7. The predicted octanol–water partition coefficient (Wildman–Crippen LogP) is 5.39. The van der Waals surface area contributed by atoms with E-state index in [-0.39, 0.29) is 36.5 Å². The standard InChI is InChI=1S/C43H46ClFN10O4S/c1-23-25(3)60-43-38(23)39(28-5-7-29(44)8-6-28)46-33(40-49-48-26(4)54(40)43)21-37(57)53-13-11-27(12-14-53)22-51-15-17-52(18-16-51)35-20-30-24(2)50-55(42(59)31(30)19-32(35)45)34-9-10-36(56)47-41(34)58/h5-8,19-20,27,33-34H,9-18,21-22H2,1-4H3,(H,47,56,58)/t33-,34?/m0/s1. The number of benzene rings is 2. The minimum absolute atomic E-state index is 0.0503. The van der Waals surface area contributed by atoms with Gasteiger partial charge in [0.05, 0.1) is 28.9 Å². The molecule has 3 saturated heterocycles. The van der Waals surface area contributed by atoms with Crippen molar-refractivity contribution in [3.63, 3.8) is 0 Å². The number of hydrogen-bond acceptors (Lipinski definition) is 11. The van der Waals surface area contributed by atoms with Gasteiger partial charge in [0, 0.05) is 78.6 Å². The number of likely N-dealkylation sites (tertiary alicyclic amines) is 1. The second-order valence-electron chi connectivity index (χ2n) is 16.4. The third kappa shape index (κ3) is 7.32. The lowest BCUT2D eigenvalue weighted by molar-refractivity contribution is -0.136. The molecule has 9 rings (SSSR count). The number of carbonyl (C=O) groups is 3. The van der Waals surface area contributed by atoms with Crippen molar-refractivity contribution in [1.82, 2.24) is 39.7 Å². The first-order chi connectivity index (χ1) is 28.8. The molecule has 2 aromatic carbocycles. The molecule has 60 heavy (non-hydrogen) atoms. The van der Waals surface area contributed by atoms with Gasteiger partial charge < -0.3 is 9.80 Å². The molecule has 0 radical (unpaired) electrons. The molecule has 4 aliphatic heterocycles. The molecule has 5 aromatic rings. The van der Waals surface area contributed by atoms with E-state index in [0.29, 0.717) is 59.7 Å². The average Bonchev–Trinajstić information content (AvgIpc) is 3.71. The Labute approximate surface area is 355 Å². The van der Waals surface area contributed by atoms with Gasteiger partial charge in [-0.2, -0.15) is 5.10 Å². The molecule has 14 nitrogen and oxygen atoms in total. The van der Waals surface area contributed by atoms with Crippen LogP contribution in [0.15, 0.2) is 46.2 Å². The number of piperidine rings is 2. The molecular formula is C43H46ClFN10O4S. The number of piperazine rings is 1. The number of amides is 3. The third-order valence-electron chi connectivity index (χ3n) is 12.6. The molecule has 1 N–H and O–H groups in total. The zero-order chi connectivity index (χ0) is 42.0. The number of carbonyl (C=O) groups excluding carboxylic acids is 3. The van der Waals surface area contributed by atoms with Crippen LogP contribution >= 0.6 is 22.9 Å². The lowest BCUT2D eigenvalue weighted by Crippen LogP contribution is -2.49. The highest BCUT2D eigenvalue weighted by molar-refractivity contribution is 7.15. The molecule has 2 atom stereocenters. The number of aromatic nitrogens is 5. The van der Waals surface area contributed by atoms with Crippen molar-refractivity contribution < 1.29 is 18.8 Å². The number of fused-ring (bicyclic) bond motifs is 4. The second kappa shape index (κ2) is 15.9. The Balaban J connectivity index is 0.832. The fraction of sp³-hybridized carbons (Fsp3) is 0.442. The van der Waals surface area contributed by atoms with Crippen LogP contribution in [0.3, 0.4) is 0 Å². The summed E-state index contributed by atoms with van der Waals surface area (Å²) in [6.45, 7) is 12.9. The van der Waals surface area contributed by atoms with Gasteiger partial charge in [0.15, 0.2) is 5.82 Å². The largest absolute Gasteiger partial charge is 0.367 e. The molecule has 4 aliphatic rings. The highest BCUT2D eigenvalue weighted by atomic mass is 35.5. The van der Waals surface area contributed by atoms with Crippen LogP contribution in [-0.2, 0) is 14.4 Å². The molecule has 0 saturated carbocycles. The maximum atomic E-state index is 15.7. The Morgan fingerprint density at radius 3 is 2.38 bits per heavy atom. The van der Waals surface area contributed by atoms with Crippen molar-refractivity contribution in [2.45, 2.75) is 71.9 Å². The fourth-order valence-corrected chi connectivity index (χ4v) is 10.5. The number of nitrogens with one attached hydrogen (secondary N) is 1. The summed E-state index contributed by atoms with van der Waals surface area (Å²) in [6, 6.07) is 9.20. The smallest absolute Gasteiger partial charge is 0.275 e. The van der Waals surface area contributed by atoms with E-state index in [1.54, 1.807) is 24.3 Å². The van der Waals surface area contributed by atoms with Crippen molar-refractivity contribution in [2.24, 2.45) is 10.9 Å². The lowest BCUT2D eigenvalue weighted by atomic mass is 9.95. The SMILES string of the molecule is Cc1sc2c(c1C)C(c1ccc(Cl)cc1)=N[C@@H](CC(=O)N1CCC(CN3CCN(c4cc5c(C)nn(C6CCC(=O)NC6=O)c(=O)c5cc4F)CC3)CC1)c1nnc(C)n1-2. The summed E-state index contributed by atoms with van der Waals surface area (Å²) >= 11 is 7.96. The second-order valence-corrected chi connectivity index (χ2v) is 18.0. The van der Waals surface area contributed by atoms with Gasteiger partial charge in [0.1, 0.15) is 28.7 Å². The van der Waals surface area contributed by atoms with Gasteiger partial charge in [0.25, 0.3) is 11.5 Å². The predicted molar refractivity (Wildman–Crippen MR) is 228 cm³/mol. The van der Waals surface area contributed by atoms with Gasteiger partial charge in [-0.05, 0) is 82.7 Å². The summed E-state index contributed by atoms with van der Waals surface area (Å²) in [5.41, 5.74) is 4.32. The molecule has 0 aliphatic carbocycles. The van der Waals surface area contributed by atoms with Crippen LogP contribution in [0.2, 0.25) is 5.02 Å². The molecule has 3 aromatic heterocycles. The van der Waals surface area contributed by atoms with Crippen molar-refractivity contribution in [1.29, 1.82) is 0 Å². The maximum absolute atomic E-state index is 15.7. The summed E-state index contributed by atoms with van der Waals surface area (Å²) in [6.07, 6.45) is 2.24. The first kappa shape index (κ1) is 40.1. The molecular weight excluding hydrogens is 807 g/mol. The Morgan fingerprint density at radius 2 is 1.67 bits per heavy atom. The molecule has 3 fully saturated rings. The first-order valence-electron chi connectivity index (χ1n) is 20.5. The molecule has 3 amide bonds. The Morgan fingerprint density at radius 1 is 0.933 bits per heavy atom. The molecule has 17 heteroatoms.